The molecule has 0 radical (unpaired) electrons. The van der Waals surface area contributed by atoms with Gasteiger partial charge >= 0.3 is 0 Å². The van der Waals surface area contributed by atoms with Gasteiger partial charge in [-0.3, -0.25) is 0 Å². The van der Waals surface area contributed by atoms with E-state index in [0.717, 1.165) is 5.92 Å². The molecule has 25 heavy (non-hydrogen) atoms. The molecule has 1 aliphatic carbocycles. The van der Waals surface area contributed by atoms with Crippen LogP contribution in [0.4, 0.5) is 0 Å². The van der Waals surface area contributed by atoms with E-state index < -0.39 is 0 Å². The van der Waals surface area contributed by atoms with Gasteiger partial charge in [0.2, 0.25) is 0 Å². The van der Waals surface area contributed by atoms with Crippen molar-refractivity contribution in [2.75, 3.05) is 0 Å². The summed E-state index contributed by atoms with van der Waals surface area (Å²) in [5, 5.41) is 2.76. The summed E-state index contributed by atoms with van der Waals surface area (Å²) in [6.45, 7) is 4.54. The third-order valence-corrected chi connectivity index (χ3v) is 5.74. The summed E-state index contributed by atoms with van der Waals surface area (Å²) in [5.74, 6) is 1.37. The fourth-order valence-electron chi connectivity index (χ4n) is 4.21. The molecule has 3 aromatic carbocycles. The van der Waals surface area contributed by atoms with Crippen LogP contribution in [0.15, 0.2) is 54.6 Å². The molecule has 0 spiro atoms. The second-order valence-electron chi connectivity index (χ2n) is 7.71. The summed E-state index contributed by atoms with van der Waals surface area (Å²) in [7, 11) is 0. The number of benzene rings is 2. The summed E-state index contributed by atoms with van der Waals surface area (Å²) in [6, 6.07) is 20.8. The van der Waals surface area contributed by atoms with E-state index in [1.807, 2.05) is 0 Å². The van der Waals surface area contributed by atoms with Crippen LogP contribution < -0.4 is 0 Å². The molecule has 0 aromatic heterocycles. The summed E-state index contributed by atoms with van der Waals surface area (Å²) >= 11 is 0. The van der Waals surface area contributed by atoms with Gasteiger partial charge in [-0.05, 0) is 35.8 Å². The Morgan fingerprint density at radius 1 is 0.920 bits per heavy atom. The first-order chi connectivity index (χ1) is 11.7. The quantitative estimate of drug-likeness (QED) is 0.398. The van der Waals surface area contributed by atoms with Gasteiger partial charge in [0.05, 0.1) is 0 Å². The van der Waals surface area contributed by atoms with Gasteiger partial charge in [-0.25, -0.2) is 0 Å². The first-order valence-corrected chi connectivity index (χ1v) is 9.52. The van der Waals surface area contributed by atoms with Crippen LogP contribution in [0.2, 0.25) is 0 Å². The van der Waals surface area contributed by atoms with Gasteiger partial charge in [0.1, 0.15) is 0 Å². The molecule has 0 unspecified atom stereocenters. The fraction of sp³-hybridized carbons (Fsp3) is 0.375. The fourth-order valence-corrected chi connectivity index (χ4v) is 4.21. The molecular weight excluding hydrogens is 379 g/mol. The Bertz CT molecular complexity index is 817. The Balaban J connectivity index is 0.00000182. The molecule has 4 rings (SSSR count). The predicted molar refractivity (Wildman–Crippen MR) is 105 cm³/mol. The van der Waals surface area contributed by atoms with Gasteiger partial charge in [0.25, 0.3) is 0 Å². The van der Waals surface area contributed by atoms with Crippen molar-refractivity contribution in [3.8, 4) is 11.1 Å². The average Bonchev–Trinajstić information content (AvgIpc) is 3.07. The van der Waals surface area contributed by atoms with Crippen molar-refractivity contribution >= 4 is 10.8 Å². The number of hydrogen-bond donors (Lipinski definition) is 0. The Kier molecular flexibility index (Phi) is 6.05. The molecule has 0 bridgehead atoms. The zero-order valence-corrected chi connectivity index (χ0v) is 17.8. The number of hydrogen-bond acceptors (Lipinski definition) is 0. The second kappa shape index (κ2) is 8.09. The van der Waals surface area contributed by atoms with Gasteiger partial charge in [0.15, 0.2) is 0 Å². The van der Waals surface area contributed by atoms with Gasteiger partial charge in [-0.2, -0.15) is 6.07 Å². The van der Waals surface area contributed by atoms with E-state index in [1.54, 1.807) is 0 Å². The van der Waals surface area contributed by atoms with E-state index in [9.17, 15) is 0 Å². The van der Waals surface area contributed by atoms with Crippen molar-refractivity contribution in [2.45, 2.75) is 57.8 Å². The molecule has 3 aromatic rings. The smallest absolute Gasteiger partial charge is 0 e. The molecule has 0 saturated heterocycles. The minimum Gasteiger partial charge on any atom is -0.164 e. The monoisotopic (exact) mass is 405 g/mol. The molecule has 1 heteroatoms. The molecule has 0 atom stereocenters. The van der Waals surface area contributed by atoms with Crippen LogP contribution in [0.1, 0.15) is 68.9 Å². The molecule has 0 nitrogen and oxygen atoms in total. The normalized spacial score (nSPS) is 15.5. The first kappa shape index (κ1) is 18.7. The third kappa shape index (κ3) is 3.87. The third-order valence-electron chi connectivity index (χ3n) is 5.74. The minimum atomic E-state index is 0. The topological polar surface area (TPSA) is 0 Å². The average molecular weight is 407 g/mol. The van der Waals surface area contributed by atoms with Gasteiger partial charge in [0, 0.05) is 26.2 Å². The van der Waals surface area contributed by atoms with Gasteiger partial charge < -0.3 is 0 Å². The maximum Gasteiger partial charge on any atom is 0 e. The zero-order chi connectivity index (χ0) is 16.5. The molecule has 0 N–H and O–H groups in total. The summed E-state index contributed by atoms with van der Waals surface area (Å²) in [5.41, 5.74) is 5.70. The van der Waals surface area contributed by atoms with Crippen molar-refractivity contribution in [1.29, 1.82) is 0 Å². The largest absolute Gasteiger partial charge is 0.164 e. The van der Waals surface area contributed by atoms with Gasteiger partial charge in [-0.15, -0.1) is 34.5 Å². The summed E-state index contributed by atoms with van der Waals surface area (Å²) < 4.78 is 0. The Hall–Kier alpha value is -1.07. The maximum absolute atomic E-state index is 2.38. The van der Waals surface area contributed by atoms with Crippen LogP contribution in [0.25, 0.3) is 21.9 Å². The van der Waals surface area contributed by atoms with Crippen molar-refractivity contribution in [1.82, 2.24) is 0 Å². The van der Waals surface area contributed by atoms with Crippen molar-refractivity contribution in [2.24, 2.45) is 0 Å². The van der Waals surface area contributed by atoms with E-state index in [4.69, 9.17) is 0 Å². The van der Waals surface area contributed by atoms with Crippen molar-refractivity contribution < 1.29 is 26.2 Å². The molecule has 1 aliphatic rings. The van der Waals surface area contributed by atoms with E-state index in [0.29, 0.717) is 5.92 Å². The SMILES string of the molecule is CC(C)c1cc2c(-c3ccc(C4CCCCC4)cc3)cccc2[cH-]1.[Zr]. The predicted octanol–water partition coefficient (Wildman–Crippen LogP) is 7.39. The number of rotatable bonds is 3. The van der Waals surface area contributed by atoms with E-state index in [2.05, 4.69) is 68.4 Å². The van der Waals surface area contributed by atoms with E-state index >= 15 is 0 Å². The van der Waals surface area contributed by atoms with E-state index in [1.165, 1.54) is 65.1 Å². The van der Waals surface area contributed by atoms with E-state index in [-0.39, 0.29) is 26.2 Å². The van der Waals surface area contributed by atoms with Crippen LogP contribution in [0.3, 0.4) is 0 Å². The van der Waals surface area contributed by atoms with Crippen LogP contribution in [0.5, 0.6) is 0 Å². The Morgan fingerprint density at radius 3 is 2.32 bits per heavy atom. The first-order valence-electron chi connectivity index (χ1n) is 9.52. The Labute approximate surface area is 171 Å². The molecule has 0 amide bonds. The van der Waals surface area contributed by atoms with Crippen LogP contribution in [-0.2, 0) is 26.2 Å². The zero-order valence-electron chi connectivity index (χ0n) is 15.4. The molecule has 1 saturated carbocycles. The number of fused-ring (bicyclic) bond motifs is 1. The molecule has 1 fully saturated rings. The van der Waals surface area contributed by atoms with Crippen LogP contribution in [-0.4, -0.2) is 0 Å². The molecule has 128 valence electrons. The molecule has 0 heterocycles. The van der Waals surface area contributed by atoms with Crippen molar-refractivity contribution in [3.63, 3.8) is 0 Å². The molecular formula is C24H27Zr-. The Morgan fingerprint density at radius 2 is 1.64 bits per heavy atom. The van der Waals surface area contributed by atoms with Crippen LogP contribution in [0, 0.1) is 0 Å². The minimum absolute atomic E-state index is 0. The van der Waals surface area contributed by atoms with Crippen LogP contribution >= 0.6 is 0 Å². The van der Waals surface area contributed by atoms with Gasteiger partial charge in [-0.1, -0.05) is 69.0 Å². The molecule has 0 aliphatic heterocycles. The standard InChI is InChI=1S/C24H27.Zr/c1-17(2)22-15-21-9-6-10-23(24(21)16-22)20-13-11-19(12-14-20)18-7-4-3-5-8-18;/h6,9-18H,3-5,7-8H2,1-2H3;/q-1;. The summed E-state index contributed by atoms with van der Waals surface area (Å²) in [6.07, 6.45) is 6.96. The summed E-state index contributed by atoms with van der Waals surface area (Å²) in [4.78, 5) is 0. The maximum atomic E-state index is 2.38. The van der Waals surface area contributed by atoms with Crippen molar-refractivity contribution in [3.05, 3.63) is 65.7 Å². The second-order valence-corrected chi connectivity index (χ2v) is 7.71.